The second kappa shape index (κ2) is 5.41. The number of hydrogen-bond donors (Lipinski definition) is 1. The Balaban J connectivity index is 1.84. The molecule has 0 saturated heterocycles. The first kappa shape index (κ1) is 11.5. The molecule has 0 bridgehead atoms. The van der Waals surface area contributed by atoms with Crippen LogP contribution in [0.15, 0.2) is 34.2 Å². The predicted molar refractivity (Wildman–Crippen MR) is 68.4 cm³/mol. The molecule has 0 unspecified atom stereocenters. The summed E-state index contributed by atoms with van der Waals surface area (Å²) >= 11 is 5.14. The first-order valence-corrected chi connectivity index (χ1v) is 6.44. The zero-order valence-corrected chi connectivity index (χ0v) is 10.8. The van der Waals surface area contributed by atoms with E-state index < -0.39 is 5.95 Å². The molecule has 0 aliphatic carbocycles. The van der Waals surface area contributed by atoms with Crippen LogP contribution in [-0.4, -0.2) is 11.5 Å². The molecule has 0 aliphatic rings. The lowest BCUT2D eigenvalue weighted by molar-refractivity contribution is 0.584. The monoisotopic (exact) mass is 300 g/mol. The second-order valence-corrected chi connectivity index (χ2v) is 5.80. The van der Waals surface area contributed by atoms with Crippen LogP contribution in [0.25, 0.3) is 0 Å². The Morgan fingerprint density at radius 3 is 2.94 bits per heavy atom. The summed E-state index contributed by atoms with van der Waals surface area (Å²) < 4.78 is 13.9. The smallest absolute Gasteiger partial charge is 0.214 e. The summed E-state index contributed by atoms with van der Waals surface area (Å²) in [5.74, 6) is -0.455. The molecule has 0 aliphatic heterocycles. The van der Waals surface area contributed by atoms with E-state index in [0.29, 0.717) is 0 Å². The third-order valence-electron chi connectivity index (χ3n) is 2.06. The molecular weight excluding hydrogens is 291 g/mol. The van der Waals surface area contributed by atoms with Crippen LogP contribution >= 0.6 is 27.3 Å². The SMILES string of the molecule is Fc1cc(NCCc2ccc(Br)s2)ccn1. The maximum absolute atomic E-state index is 12.8. The quantitative estimate of drug-likeness (QED) is 0.871. The molecule has 2 nitrogen and oxygen atoms in total. The van der Waals surface area contributed by atoms with Crippen molar-refractivity contribution >= 4 is 33.0 Å². The second-order valence-electron chi connectivity index (χ2n) is 3.25. The number of rotatable bonds is 4. The molecule has 0 radical (unpaired) electrons. The van der Waals surface area contributed by atoms with Crippen molar-refractivity contribution in [2.24, 2.45) is 0 Å². The van der Waals surface area contributed by atoms with E-state index in [1.54, 1.807) is 17.4 Å². The Kier molecular flexibility index (Phi) is 3.90. The molecule has 2 heterocycles. The van der Waals surface area contributed by atoms with Crippen LogP contribution in [0, 0.1) is 5.95 Å². The van der Waals surface area contributed by atoms with E-state index in [4.69, 9.17) is 0 Å². The van der Waals surface area contributed by atoms with Crippen LogP contribution in [-0.2, 0) is 6.42 Å². The Hall–Kier alpha value is -0.940. The van der Waals surface area contributed by atoms with Crippen LogP contribution < -0.4 is 5.32 Å². The van der Waals surface area contributed by atoms with Crippen LogP contribution in [0.2, 0.25) is 0 Å². The lowest BCUT2D eigenvalue weighted by Crippen LogP contribution is -2.04. The molecule has 0 fully saturated rings. The van der Waals surface area contributed by atoms with Gasteiger partial charge in [0.1, 0.15) is 0 Å². The topological polar surface area (TPSA) is 24.9 Å². The fraction of sp³-hybridized carbons (Fsp3) is 0.182. The number of anilines is 1. The third kappa shape index (κ3) is 3.28. The highest BCUT2D eigenvalue weighted by Gasteiger charge is 1.98. The van der Waals surface area contributed by atoms with Gasteiger partial charge in [0.15, 0.2) is 0 Å². The Labute approximate surface area is 106 Å². The number of hydrogen-bond acceptors (Lipinski definition) is 3. The van der Waals surface area contributed by atoms with Gasteiger partial charge in [-0.15, -0.1) is 11.3 Å². The molecule has 0 saturated carbocycles. The average molecular weight is 301 g/mol. The molecule has 2 rings (SSSR count). The minimum atomic E-state index is -0.455. The largest absolute Gasteiger partial charge is 0.385 e. The van der Waals surface area contributed by atoms with Gasteiger partial charge in [-0.05, 0) is 40.5 Å². The molecule has 16 heavy (non-hydrogen) atoms. The standard InChI is InChI=1S/C11H10BrFN2S/c12-10-2-1-9(16-10)4-6-14-8-3-5-15-11(13)7-8/h1-3,5,7H,4,6H2,(H,14,15). The molecule has 0 spiro atoms. The van der Waals surface area contributed by atoms with Crippen molar-refractivity contribution in [3.8, 4) is 0 Å². The summed E-state index contributed by atoms with van der Waals surface area (Å²) in [7, 11) is 0. The zero-order valence-electron chi connectivity index (χ0n) is 8.41. The van der Waals surface area contributed by atoms with Crippen LogP contribution in [0.3, 0.4) is 0 Å². The minimum absolute atomic E-state index is 0.455. The number of thiophene rings is 1. The summed E-state index contributed by atoms with van der Waals surface area (Å²) in [5.41, 5.74) is 0.767. The number of nitrogens with one attached hydrogen (secondary N) is 1. The number of pyridine rings is 1. The van der Waals surface area contributed by atoms with E-state index in [2.05, 4.69) is 32.3 Å². The number of halogens is 2. The first-order chi connectivity index (χ1) is 7.74. The molecule has 0 atom stereocenters. The molecule has 84 valence electrons. The summed E-state index contributed by atoms with van der Waals surface area (Å²) in [4.78, 5) is 4.80. The normalized spacial score (nSPS) is 10.4. The van der Waals surface area contributed by atoms with Crippen LogP contribution in [0.5, 0.6) is 0 Å². The molecule has 2 aromatic rings. The fourth-order valence-corrected chi connectivity index (χ4v) is 2.81. The third-order valence-corrected chi connectivity index (χ3v) is 3.74. The highest BCUT2D eigenvalue weighted by molar-refractivity contribution is 9.11. The highest BCUT2D eigenvalue weighted by atomic mass is 79.9. The van der Waals surface area contributed by atoms with Gasteiger partial charge in [-0.1, -0.05) is 0 Å². The zero-order chi connectivity index (χ0) is 11.4. The summed E-state index contributed by atoms with van der Waals surface area (Å²) in [5, 5.41) is 3.15. The van der Waals surface area contributed by atoms with Gasteiger partial charge in [-0.25, -0.2) is 4.98 Å². The minimum Gasteiger partial charge on any atom is -0.385 e. The van der Waals surface area contributed by atoms with Gasteiger partial charge in [0, 0.05) is 29.4 Å². The summed E-state index contributed by atoms with van der Waals surface area (Å²) in [6, 6.07) is 7.27. The van der Waals surface area contributed by atoms with Crippen LogP contribution in [0.4, 0.5) is 10.1 Å². The molecule has 0 aromatic carbocycles. The lowest BCUT2D eigenvalue weighted by atomic mass is 10.3. The molecular formula is C11H10BrFN2S. The van der Waals surface area contributed by atoms with Crippen LogP contribution in [0.1, 0.15) is 4.88 Å². The molecule has 0 amide bonds. The van der Waals surface area contributed by atoms with Crippen molar-refractivity contribution in [1.82, 2.24) is 4.98 Å². The number of nitrogens with zero attached hydrogens (tertiary/aromatic N) is 1. The molecule has 1 N–H and O–H groups in total. The van der Waals surface area contributed by atoms with Gasteiger partial charge in [0.2, 0.25) is 5.95 Å². The highest BCUT2D eigenvalue weighted by Crippen LogP contribution is 2.22. The van der Waals surface area contributed by atoms with E-state index in [1.807, 2.05) is 6.07 Å². The Morgan fingerprint density at radius 1 is 1.38 bits per heavy atom. The van der Waals surface area contributed by atoms with E-state index in [-0.39, 0.29) is 0 Å². The molecule has 5 heteroatoms. The first-order valence-electron chi connectivity index (χ1n) is 4.84. The van der Waals surface area contributed by atoms with Gasteiger partial charge in [0.05, 0.1) is 3.79 Å². The summed E-state index contributed by atoms with van der Waals surface area (Å²) in [6.45, 7) is 0.788. The Morgan fingerprint density at radius 2 is 2.25 bits per heavy atom. The van der Waals surface area contributed by atoms with Gasteiger partial charge in [-0.2, -0.15) is 4.39 Å². The van der Waals surface area contributed by atoms with Crippen molar-refractivity contribution in [3.63, 3.8) is 0 Å². The fourth-order valence-electron chi connectivity index (χ4n) is 1.33. The van der Waals surface area contributed by atoms with Gasteiger partial charge < -0.3 is 5.32 Å². The van der Waals surface area contributed by atoms with Crippen molar-refractivity contribution < 1.29 is 4.39 Å². The average Bonchev–Trinajstić information content (AvgIpc) is 2.64. The summed E-state index contributed by atoms with van der Waals surface area (Å²) in [6.07, 6.45) is 2.39. The van der Waals surface area contributed by atoms with Crippen molar-refractivity contribution in [2.45, 2.75) is 6.42 Å². The van der Waals surface area contributed by atoms with Crippen molar-refractivity contribution in [3.05, 3.63) is 45.1 Å². The van der Waals surface area contributed by atoms with Crippen molar-refractivity contribution in [1.29, 1.82) is 0 Å². The van der Waals surface area contributed by atoms with Gasteiger partial charge in [-0.3, -0.25) is 0 Å². The van der Waals surface area contributed by atoms with Gasteiger partial charge >= 0.3 is 0 Å². The van der Waals surface area contributed by atoms with Gasteiger partial charge in [0.25, 0.3) is 0 Å². The Bertz CT molecular complexity index is 473. The molecule has 2 aromatic heterocycles. The van der Waals surface area contributed by atoms with E-state index in [9.17, 15) is 4.39 Å². The van der Waals surface area contributed by atoms with Crippen molar-refractivity contribution in [2.75, 3.05) is 11.9 Å². The maximum Gasteiger partial charge on any atom is 0.214 e. The lowest BCUT2D eigenvalue weighted by Gasteiger charge is -2.04. The number of aromatic nitrogens is 1. The van der Waals surface area contributed by atoms with E-state index in [0.717, 1.165) is 22.4 Å². The maximum atomic E-state index is 12.8. The van der Waals surface area contributed by atoms with E-state index >= 15 is 0 Å². The predicted octanol–water partition coefficient (Wildman–Crippen LogP) is 3.70. The van der Waals surface area contributed by atoms with E-state index in [1.165, 1.54) is 17.1 Å².